The highest BCUT2D eigenvalue weighted by molar-refractivity contribution is 5.92. The van der Waals surface area contributed by atoms with Crippen LogP contribution >= 0.6 is 0 Å². The van der Waals surface area contributed by atoms with E-state index in [0.29, 0.717) is 22.4 Å². The zero-order chi connectivity index (χ0) is 14.3. The van der Waals surface area contributed by atoms with Gasteiger partial charge in [0.1, 0.15) is 5.82 Å². The highest BCUT2D eigenvalue weighted by Gasteiger charge is 2.13. The molecule has 0 fully saturated rings. The van der Waals surface area contributed by atoms with Crippen LogP contribution in [0.2, 0.25) is 0 Å². The van der Waals surface area contributed by atoms with Gasteiger partial charge in [0.25, 0.3) is 0 Å². The van der Waals surface area contributed by atoms with E-state index in [9.17, 15) is 9.18 Å². The monoisotopic (exact) mass is 271 g/mol. The van der Waals surface area contributed by atoms with Gasteiger partial charge in [-0.25, -0.2) is 18.9 Å². The zero-order valence-electron chi connectivity index (χ0n) is 10.5. The van der Waals surface area contributed by atoms with Gasteiger partial charge in [0.05, 0.1) is 16.9 Å². The summed E-state index contributed by atoms with van der Waals surface area (Å²) in [5.74, 6) is -1.36. The molecule has 0 atom stereocenters. The third kappa shape index (κ3) is 1.91. The van der Waals surface area contributed by atoms with Crippen molar-refractivity contribution in [3.05, 3.63) is 53.6 Å². The van der Waals surface area contributed by atoms with Crippen molar-refractivity contribution in [1.29, 1.82) is 0 Å². The van der Waals surface area contributed by atoms with Gasteiger partial charge in [-0.3, -0.25) is 0 Å². The van der Waals surface area contributed by atoms with E-state index in [1.165, 1.54) is 24.4 Å². The van der Waals surface area contributed by atoms with Crippen molar-refractivity contribution in [2.24, 2.45) is 0 Å². The van der Waals surface area contributed by atoms with Crippen molar-refractivity contribution in [1.82, 2.24) is 14.8 Å². The summed E-state index contributed by atoms with van der Waals surface area (Å²) < 4.78 is 14.5. The van der Waals surface area contributed by atoms with Crippen LogP contribution in [0.25, 0.3) is 16.7 Å². The minimum Gasteiger partial charge on any atom is -0.478 e. The molecule has 0 aliphatic carbocycles. The van der Waals surface area contributed by atoms with Gasteiger partial charge in [-0.2, -0.15) is 5.10 Å². The van der Waals surface area contributed by atoms with Crippen molar-refractivity contribution in [2.45, 2.75) is 6.92 Å². The Bertz CT molecular complexity index is 809. The van der Waals surface area contributed by atoms with Crippen LogP contribution in [0.1, 0.15) is 16.1 Å². The number of hydrogen-bond acceptors (Lipinski definition) is 3. The Morgan fingerprint density at radius 1 is 1.30 bits per heavy atom. The lowest BCUT2D eigenvalue weighted by molar-refractivity contribution is 0.0696. The molecule has 0 saturated heterocycles. The molecule has 2 heterocycles. The van der Waals surface area contributed by atoms with E-state index in [1.807, 2.05) is 0 Å². The highest BCUT2D eigenvalue weighted by Crippen LogP contribution is 2.21. The number of rotatable bonds is 2. The SMILES string of the molecule is Cc1nn(-c2ccc(F)cc2)c2ncc(C(=O)O)cc12. The van der Waals surface area contributed by atoms with E-state index < -0.39 is 5.97 Å². The first-order valence-electron chi connectivity index (χ1n) is 5.91. The number of pyridine rings is 1. The van der Waals surface area contributed by atoms with E-state index >= 15 is 0 Å². The van der Waals surface area contributed by atoms with Crippen LogP contribution in [0.15, 0.2) is 36.5 Å². The summed E-state index contributed by atoms with van der Waals surface area (Å²) in [6, 6.07) is 7.39. The molecular formula is C14H10FN3O2. The molecule has 0 spiro atoms. The number of carbonyl (C=O) groups is 1. The first kappa shape index (κ1) is 12.3. The topological polar surface area (TPSA) is 68.0 Å². The molecule has 0 aliphatic heterocycles. The maximum Gasteiger partial charge on any atom is 0.337 e. The molecule has 0 saturated carbocycles. The molecule has 0 unspecified atom stereocenters. The van der Waals surface area contributed by atoms with Gasteiger partial charge < -0.3 is 5.11 Å². The van der Waals surface area contributed by atoms with Crippen molar-refractivity contribution in [3.8, 4) is 5.69 Å². The molecule has 0 aliphatic rings. The molecule has 0 amide bonds. The number of carboxylic acid groups (broad SMARTS) is 1. The maximum absolute atomic E-state index is 13.0. The number of aromatic carboxylic acids is 1. The van der Waals surface area contributed by atoms with Gasteiger partial charge in [-0.05, 0) is 37.3 Å². The Balaban J connectivity index is 2.22. The van der Waals surface area contributed by atoms with E-state index in [-0.39, 0.29) is 11.4 Å². The number of fused-ring (bicyclic) bond motifs is 1. The molecule has 0 radical (unpaired) electrons. The first-order chi connectivity index (χ1) is 9.56. The second-order valence-corrected chi connectivity index (χ2v) is 4.37. The quantitative estimate of drug-likeness (QED) is 0.777. The van der Waals surface area contributed by atoms with Crippen molar-refractivity contribution >= 4 is 17.0 Å². The smallest absolute Gasteiger partial charge is 0.337 e. The standard InChI is InChI=1S/C14H10FN3O2/c1-8-12-6-9(14(19)20)7-16-13(12)18(17-8)11-4-2-10(15)3-5-11/h2-7H,1H3,(H,19,20). The third-order valence-corrected chi connectivity index (χ3v) is 3.03. The minimum absolute atomic E-state index is 0.110. The van der Waals surface area contributed by atoms with Gasteiger partial charge in [0, 0.05) is 11.6 Å². The summed E-state index contributed by atoms with van der Waals surface area (Å²) in [7, 11) is 0. The number of aryl methyl sites for hydroxylation is 1. The molecule has 1 N–H and O–H groups in total. The second kappa shape index (κ2) is 4.41. The summed E-state index contributed by atoms with van der Waals surface area (Å²) in [6.45, 7) is 1.77. The van der Waals surface area contributed by atoms with Crippen molar-refractivity contribution < 1.29 is 14.3 Å². The Morgan fingerprint density at radius 3 is 2.65 bits per heavy atom. The summed E-state index contributed by atoms with van der Waals surface area (Å²) in [5.41, 5.74) is 1.98. The zero-order valence-corrected chi connectivity index (χ0v) is 10.5. The Kier molecular flexibility index (Phi) is 2.71. The van der Waals surface area contributed by atoms with Crippen LogP contribution in [0.3, 0.4) is 0 Å². The first-order valence-corrected chi connectivity index (χ1v) is 5.91. The summed E-state index contributed by atoms with van der Waals surface area (Å²) in [6.07, 6.45) is 1.28. The molecule has 3 rings (SSSR count). The van der Waals surface area contributed by atoms with Gasteiger partial charge in [0.2, 0.25) is 0 Å². The van der Waals surface area contributed by atoms with Gasteiger partial charge in [0.15, 0.2) is 5.65 Å². The maximum atomic E-state index is 13.0. The van der Waals surface area contributed by atoms with Crippen molar-refractivity contribution in [3.63, 3.8) is 0 Å². The molecular weight excluding hydrogens is 261 g/mol. The Labute approximate surface area is 113 Å². The normalized spacial score (nSPS) is 10.9. The fraction of sp³-hybridized carbons (Fsp3) is 0.0714. The lowest BCUT2D eigenvalue weighted by Gasteiger charge is -2.02. The summed E-state index contributed by atoms with van der Waals surface area (Å²) in [4.78, 5) is 15.1. The van der Waals surface area contributed by atoms with E-state index in [1.54, 1.807) is 23.7 Å². The number of nitrogens with zero attached hydrogens (tertiary/aromatic N) is 3. The van der Waals surface area contributed by atoms with Gasteiger partial charge in [-0.1, -0.05) is 0 Å². The Morgan fingerprint density at radius 2 is 2.00 bits per heavy atom. The minimum atomic E-state index is -1.03. The predicted octanol–water partition coefficient (Wildman–Crippen LogP) is 2.57. The molecule has 5 nitrogen and oxygen atoms in total. The van der Waals surface area contributed by atoms with Crippen LogP contribution in [0.5, 0.6) is 0 Å². The Hall–Kier alpha value is -2.76. The lowest BCUT2D eigenvalue weighted by atomic mass is 10.2. The fourth-order valence-corrected chi connectivity index (χ4v) is 2.02. The van der Waals surface area contributed by atoms with Crippen LogP contribution in [-0.4, -0.2) is 25.8 Å². The molecule has 6 heteroatoms. The van der Waals surface area contributed by atoms with Crippen LogP contribution in [-0.2, 0) is 0 Å². The fourth-order valence-electron chi connectivity index (χ4n) is 2.02. The average molecular weight is 271 g/mol. The number of aromatic nitrogens is 3. The third-order valence-electron chi connectivity index (χ3n) is 3.03. The van der Waals surface area contributed by atoms with Crippen LogP contribution < -0.4 is 0 Å². The number of carboxylic acids is 1. The number of hydrogen-bond donors (Lipinski definition) is 1. The summed E-state index contributed by atoms with van der Waals surface area (Å²) >= 11 is 0. The van der Waals surface area contributed by atoms with E-state index in [4.69, 9.17) is 5.11 Å². The largest absolute Gasteiger partial charge is 0.478 e. The van der Waals surface area contributed by atoms with E-state index in [0.717, 1.165) is 0 Å². The second-order valence-electron chi connectivity index (χ2n) is 4.37. The van der Waals surface area contributed by atoms with E-state index in [2.05, 4.69) is 10.1 Å². The average Bonchev–Trinajstić information content (AvgIpc) is 2.76. The molecule has 1 aromatic carbocycles. The molecule has 100 valence electrons. The number of benzene rings is 1. The summed E-state index contributed by atoms with van der Waals surface area (Å²) in [5, 5.41) is 14.0. The van der Waals surface area contributed by atoms with Crippen molar-refractivity contribution in [2.75, 3.05) is 0 Å². The predicted molar refractivity (Wildman–Crippen MR) is 70.5 cm³/mol. The van der Waals surface area contributed by atoms with Crippen LogP contribution in [0, 0.1) is 12.7 Å². The van der Waals surface area contributed by atoms with Gasteiger partial charge in [-0.15, -0.1) is 0 Å². The molecule has 2 aromatic heterocycles. The van der Waals surface area contributed by atoms with Gasteiger partial charge >= 0.3 is 5.97 Å². The highest BCUT2D eigenvalue weighted by atomic mass is 19.1. The van der Waals surface area contributed by atoms with Crippen LogP contribution in [0.4, 0.5) is 4.39 Å². The molecule has 0 bridgehead atoms. The molecule has 3 aromatic rings. The lowest BCUT2D eigenvalue weighted by Crippen LogP contribution is -2.00. The number of halogens is 1. The molecule has 20 heavy (non-hydrogen) atoms.